The van der Waals surface area contributed by atoms with E-state index in [1.54, 1.807) is 0 Å². The van der Waals surface area contributed by atoms with Crippen molar-refractivity contribution in [3.8, 4) is 0 Å². The molecule has 9 heavy (non-hydrogen) atoms. The molecule has 1 aliphatic rings. The molecule has 0 saturated carbocycles. The van der Waals surface area contributed by atoms with Gasteiger partial charge in [-0.3, -0.25) is 9.59 Å². The number of hydrogen-bond donors (Lipinski definition) is 1. The lowest BCUT2D eigenvalue weighted by molar-refractivity contribution is -0.137. The third kappa shape index (κ3) is 1.45. The Bertz CT molecular complexity index is 154. The van der Waals surface area contributed by atoms with Crippen LogP contribution in [0.15, 0.2) is 0 Å². The predicted octanol–water partition coefficient (Wildman–Crippen LogP) is 0.146. The summed E-state index contributed by atoms with van der Waals surface area (Å²) >= 11 is 1.21. The molecule has 1 heterocycles. The van der Waals surface area contributed by atoms with E-state index in [1.165, 1.54) is 11.8 Å². The summed E-state index contributed by atoms with van der Waals surface area (Å²) in [7, 11) is 0. The summed E-state index contributed by atoms with van der Waals surface area (Å²) in [4.78, 5) is 20.6. The number of aliphatic carboxylic acids is 1. The van der Waals surface area contributed by atoms with Crippen LogP contribution in [-0.2, 0) is 9.59 Å². The smallest absolute Gasteiger partial charge is 0.317 e. The van der Waals surface area contributed by atoms with Crippen LogP contribution >= 0.6 is 11.8 Å². The van der Waals surface area contributed by atoms with E-state index in [0.717, 1.165) is 0 Å². The average molecular weight is 146 g/mol. The Morgan fingerprint density at radius 3 is 2.67 bits per heavy atom. The fourth-order valence-electron chi connectivity index (χ4n) is 0.677. The van der Waals surface area contributed by atoms with Crippen LogP contribution in [0.2, 0.25) is 0 Å². The lowest BCUT2D eigenvalue weighted by Gasteiger charge is -1.95. The molecular formula is C5H6O3S. The summed E-state index contributed by atoms with van der Waals surface area (Å²) in [6.45, 7) is 0. The van der Waals surface area contributed by atoms with E-state index in [4.69, 9.17) is 5.11 Å². The highest BCUT2D eigenvalue weighted by atomic mass is 32.2. The van der Waals surface area contributed by atoms with Gasteiger partial charge in [0, 0.05) is 6.42 Å². The number of carbonyl (C=O) groups is 2. The van der Waals surface area contributed by atoms with Crippen molar-refractivity contribution in [3.05, 3.63) is 0 Å². The second-order valence-electron chi connectivity index (χ2n) is 1.88. The zero-order valence-corrected chi connectivity index (χ0v) is 5.48. The molecule has 0 aromatic heterocycles. The second kappa shape index (κ2) is 2.39. The maximum Gasteiger partial charge on any atom is 0.317 e. The summed E-state index contributed by atoms with van der Waals surface area (Å²) < 4.78 is 0. The average Bonchev–Trinajstić information content (AvgIpc) is 2.14. The van der Waals surface area contributed by atoms with Gasteiger partial charge in [-0.25, -0.2) is 0 Å². The van der Waals surface area contributed by atoms with Crippen LogP contribution < -0.4 is 0 Å². The first kappa shape index (κ1) is 6.61. The van der Waals surface area contributed by atoms with Crippen molar-refractivity contribution in [1.82, 2.24) is 0 Å². The quantitative estimate of drug-likeness (QED) is 0.572. The summed E-state index contributed by atoms with van der Waals surface area (Å²) in [6, 6.07) is 0. The molecule has 1 atom stereocenters. The lowest BCUT2D eigenvalue weighted by atomic mass is 10.2. The van der Waals surface area contributed by atoms with Crippen molar-refractivity contribution in [1.29, 1.82) is 0 Å². The summed E-state index contributed by atoms with van der Waals surface area (Å²) in [5.41, 5.74) is 0. The molecule has 0 aromatic carbocycles. The standard InChI is InChI=1S/C5H6O3S/c6-3-1-4(5(7)8)9-2-3/h4H,1-2H2,(H,7,8)/t4-/m0/s1. The molecule has 3 nitrogen and oxygen atoms in total. The van der Waals surface area contributed by atoms with E-state index in [2.05, 4.69) is 0 Å². The van der Waals surface area contributed by atoms with Gasteiger partial charge in [-0.15, -0.1) is 11.8 Å². The van der Waals surface area contributed by atoms with Crippen LogP contribution in [0.4, 0.5) is 0 Å². The van der Waals surface area contributed by atoms with E-state index < -0.39 is 11.2 Å². The largest absolute Gasteiger partial charge is 0.480 e. The molecule has 1 aliphatic heterocycles. The first-order valence-corrected chi connectivity index (χ1v) is 3.61. The number of Topliss-reactive ketones (excluding diaryl/α,β-unsaturated/α-hetero) is 1. The van der Waals surface area contributed by atoms with E-state index in [9.17, 15) is 9.59 Å². The number of carboxylic acids is 1. The van der Waals surface area contributed by atoms with Gasteiger partial charge in [0.1, 0.15) is 11.0 Å². The Kier molecular flexibility index (Phi) is 1.75. The normalized spacial score (nSPS) is 26.7. The fourth-order valence-corrected chi connectivity index (χ4v) is 1.63. The van der Waals surface area contributed by atoms with Crippen LogP contribution in [0, 0.1) is 0 Å². The highest BCUT2D eigenvalue weighted by Gasteiger charge is 2.28. The van der Waals surface area contributed by atoms with Crippen molar-refractivity contribution in [2.75, 3.05) is 5.75 Å². The maximum absolute atomic E-state index is 10.5. The van der Waals surface area contributed by atoms with Gasteiger partial charge in [0.2, 0.25) is 0 Å². The molecule has 1 fully saturated rings. The highest BCUT2D eigenvalue weighted by Crippen LogP contribution is 2.23. The highest BCUT2D eigenvalue weighted by molar-refractivity contribution is 8.01. The van der Waals surface area contributed by atoms with E-state index in [-0.39, 0.29) is 12.2 Å². The molecule has 4 heteroatoms. The molecule has 0 radical (unpaired) electrons. The summed E-state index contributed by atoms with van der Waals surface area (Å²) in [5, 5.41) is 7.88. The van der Waals surface area contributed by atoms with Crippen LogP contribution in [0.3, 0.4) is 0 Å². The molecule has 1 N–H and O–H groups in total. The first-order valence-electron chi connectivity index (χ1n) is 2.56. The fraction of sp³-hybridized carbons (Fsp3) is 0.600. The van der Waals surface area contributed by atoms with Gasteiger partial charge < -0.3 is 5.11 Å². The molecule has 0 aliphatic carbocycles. The molecule has 1 rings (SSSR count). The molecule has 0 spiro atoms. The number of thioether (sulfide) groups is 1. The summed E-state index contributed by atoms with van der Waals surface area (Å²) in [5.74, 6) is -0.449. The lowest BCUT2D eigenvalue weighted by Crippen LogP contribution is -2.13. The number of rotatable bonds is 1. The van der Waals surface area contributed by atoms with E-state index in [1.807, 2.05) is 0 Å². The van der Waals surface area contributed by atoms with Crippen molar-refractivity contribution in [2.45, 2.75) is 11.7 Å². The molecule has 0 aromatic rings. The van der Waals surface area contributed by atoms with E-state index in [0.29, 0.717) is 5.75 Å². The minimum absolute atomic E-state index is 0.0485. The second-order valence-corrected chi connectivity index (χ2v) is 3.07. The van der Waals surface area contributed by atoms with Gasteiger partial charge in [0.05, 0.1) is 5.75 Å². The maximum atomic E-state index is 10.5. The third-order valence-corrected chi connectivity index (χ3v) is 2.39. The Morgan fingerprint density at radius 1 is 1.78 bits per heavy atom. The topological polar surface area (TPSA) is 54.4 Å². The Hall–Kier alpha value is -0.510. The number of carbonyl (C=O) groups excluding carboxylic acids is 1. The monoisotopic (exact) mass is 146 g/mol. The molecule has 0 amide bonds. The molecule has 0 unspecified atom stereocenters. The minimum Gasteiger partial charge on any atom is -0.480 e. The van der Waals surface area contributed by atoms with Gasteiger partial charge in [0.15, 0.2) is 0 Å². The van der Waals surface area contributed by atoms with Crippen molar-refractivity contribution >= 4 is 23.5 Å². The zero-order valence-electron chi connectivity index (χ0n) is 4.66. The van der Waals surface area contributed by atoms with Crippen LogP contribution in [0.5, 0.6) is 0 Å². The molecule has 1 saturated heterocycles. The van der Waals surface area contributed by atoms with Gasteiger partial charge in [-0.05, 0) is 0 Å². The van der Waals surface area contributed by atoms with E-state index >= 15 is 0 Å². The molecule has 50 valence electrons. The van der Waals surface area contributed by atoms with Crippen molar-refractivity contribution in [2.24, 2.45) is 0 Å². The van der Waals surface area contributed by atoms with Crippen molar-refractivity contribution < 1.29 is 14.7 Å². The number of ketones is 1. The van der Waals surface area contributed by atoms with Crippen LogP contribution in [0.25, 0.3) is 0 Å². The van der Waals surface area contributed by atoms with Crippen LogP contribution in [0.1, 0.15) is 6.42 Å². The van der Waals surface area contributed by atoms with Crippen LogP contribution in [-0.4, -0.2) is 27.9 Å². The number of hydrogen-bond acceptors (Lipinski definition) is 3. The molecule has 0 bridgehead atoms. The summed E-state index contributed by atoms with van der Waals surface area (Å²) in [6.07, 6.45) is 0.208. The van der Waals surface area contributed by atoms with Crippen molar-refractivity contribution in [3.63, 3.8) is 0 Å². The third-order valence-electron chi connectivity index (χ3n) is 1.13. The zero-order chi connectivity index (χ0) is 6.85. The SMILES string of the molecule is O=C1CS[C@H](C(=O)O)C1. The Labute approximate surface area is 56.4 Å². The minimum atomic E-state index is -0.870. The van der Waals surface area contributed by atoms with Gasteiger partial charge >= 0.3 is 5.97 Å². The van der Waals surface area contributed by atoms with Gasteiger partial charge in [-0.2, -0.15) is 0 Å². The van der Waals surface area contributed by atoms with Gasteiger partial charge in [0.25, 0.3) is 0 Å². The Morgan fingerprint density at radius 2 is 2.44 bits per heavy atom. The predicted molar refractivity (Wildman–Crippen MR) is 33.5 cm³/mol. The molecular weight excluding hydrogens is 140 g/mol. The first-order chi connectivity index (χ1) is 4.20. The Balaban J connectivity index is 2.48. The van der Waals surface area contributed by atoms with Gasteiger partial charge in [-0.1, -0.05) is 0 Å². The number of carboxylic acid groups (broad SMARTS) is 1.